The molecule has 1 amide bonds. The number of fused-ring (bicyclic) bond motifs is 1. The highest BCUT2D eigenvalue weighted by Crippen LogP contribution is 2.32. The Balaban J connectivity index is 1.42. The largest absolute Gasteiger partial charge is 0.484 e. The van der Waals surface area contributed by atoms with Crippen LogP contribution >= 0.6 is 0 Å². The highest BCUT2D eigenvalue weighted by molar-refractivity contribution is 5.92. The Kier molecular flexibility index (Phi) is 7.59. The van der Waals surface area contributed by atoms with E-state index < -0.39 is 29.0 Å². The van der Waals surface area contributed by atoms with E-state index in [2.05, 4.69) is 15.4 Å². The Morgan fingerprint density at radius 1 is 0.951 bits per heavy atom. The summed E-state index contributed by atoms with van der Waals surface area (Å²) < 4.78 is 60.0. The molecule has 0 bridgehead atoms. The van der Waals surface area contributed by atoms with E-state index >= 15 is 0 Å². The number of halogens is 4. The van der Waals surface area contributed by atoms with Crippen molar-refractivity contribution in [2.45, 2.75) is 6.18 Å². The van der Waals surface area contributed by atoms with Crippen LogP contribution in [0.5, 0.6) is 5.75 Å². The maximum Gasteiger partial charge on any atom is 0.416 e. The number of nitrogens with zero attached hydrogens (tertiary/aromatic N) is 3. The molecule has 0 radical (unpaired) electrons. The van der Waals surface area contributed by atoms with Crippen molar-refractivity contribution in [3.63, 3.8) is 0 Å². The van der Waals surface area contributed by atoms with Crippen LogP contribution in [0.25, 0.3) is 22.3 Å². The van der Waals surface area contributed by atoms with Gasteiger partial charge >= 0.3 is 6.18 Å². The van der Waals surface area contributed by atoms with Crippen molar-refractivity contribution in [2.75, 3.05) is 11.9 Å². The minimum atomic E-state index is -4.59. The summed E-state index contributed by atoms with van der Waals surface area (Å²) in [6, 6.07) is 22.8. The van der Waals surface area contributed by atoms with Crippen LogP contribution in [0.2, 0.25) is 0 Å². The van der Waals surface area contributed by atoms with Gasteiger partial charge in [0.2, 0.25) is 0 Å². The van der Waals surface area contributed by atoms with E-state index in [9.17, 15) is 27.2 Å². The van der Waals surface area contributed by atoms with Crippen molar-refractivity contribution in [1.29, 1.82) is 0 Å². The third-order valence-electron chi connectivity index (χ3n) is 5.86. The van der Waals surface area contributed by atoms with Crippen LogP contribution in [-0.4, -0.2) is 28.4 Å². The molecule has 0 fully saturated rings. The van der Waals surface area contributed by atoms with Gasteiger partial charge in [-0.1, -0.05) is 42.5 Å². The summed E-state index contributed by atoms with van der Waals surface area (Å²) in [6.07, 6.45) is -3.26. The van der Waals surface area contributed by atoms with Crippen LogP contribution in [0.4, 0.5) is 23.2 Å². The van der Waals surface area contributed by atoms with Crippen molar-refractivity contribution in [1.82, 2.24) is 9.66 Å². The van der Waals surface area contributed by atoms with Gasteiger partial charge in [-0.25, -0.2) is 9.37 Å². The molecule has 5 aromatic rings. The van der Waals surface area contributed by atoms with Crippen molar-refractivity contribution >= 4 is 28.7 Å². The van der Waals surface area contributed by atoms with Crippen LogP contribution in [0.3, 0.4) is 0 Å². The molecule has 206 valence electrons. The second-order valence-electron chi connectivity index (χ2n) is 8.81. The third-order valence-corrected chi connectivity index (χ3v) is 5.86. The summed E-state index contributed by atoms with van der Waals surface area (Å²) in [4.78, 5) is 30.0. The highest BCUT2D eigenvalue weighted by atomic mass is 19.4. The molecule has 0 aliphatic heterocycles. The SMILES string of the molecule is O=C(COc1cccc(C=Nn2c(-c3cccc(C(F)(F)F)c3)nc3ccccc3c2=O)c1)Nc1cccc(F)c1. The topological polar surface area (TPSA) is 85.6 Å². The van der Waals surface area contributed by atoms with E-state index in [-0.39, 0.29) is 29.1 Å². The summed E-state index contributed by atoms with van der Waals surface area (Å²) in [7, 11) is 0. The zero-order valence-corrected chi connectivity index (χ0v) is 21.1. The first-order valence-corrected chi connectivity index (χ1v) is 12.2. The average Bonchev–Trinajstić information content (AvgIpc) is 2.95. The second-order valence-corrected chi connectivity index (χ2v) is 8.81. The first kappa shape index (κ1) is 27.3. The molecule has 1 aromatic heterocycles. The van der Waals surface area contributed by atoms with E-state index in [0.717, 1.165) is 16.8 Å². The zero-order valence-electron chi connectivity index (χ0n) is 21.1. The summed E-state index contributed by atoms with van der Waals surface area (Å²) >= 11 is 0. The minimum Gasteiger partial charge on any atom is -0.484 e. The van der Waals surface area contributed by atoms with Crippen LogP contribution < -0.4 is 15.6 Å². The molecule has 1 heterocycles. The van der Waals surface area contributed by atoms with Gasteiger partial charge in [-0.2, -0.15) is 22.9 Å². The Morgan fingerprint density at radius 2 is 1.73 bits per heavy atom. The van der Waals surface area contributed by atoms with Crippen LogP contribution in [-0.2, 0) is 11.0 Å². The Hall–Kier alpha value is -5.32. The first-order valence-electron chi connectivity index (χ1n) is 12.2. The number of carbonyl (C=O) groups is 1. The van der Waals surface area contributed by atoms with E-state index in [4.69, 9.17) is 4.74 Å². The van der Waals surface area contributed by atoms with E-state index in [0.29, 0.717) is 16.8 Å². The Bertz CT molecular complexity index is 1830. The lowest BCUT2D eigenvalue weighted by atomic mass is 10.1. The standard InChI is InChI=1S/C30H20F4N4O3/c31-22-9-5-10-23(16-22)36-27(39)18-41-24-11-3-6-19(14-24)17-35-38-28(20-7-4-8-21(15-20)30(32,33)34)37-26-13-2-1-12-25(26)29(38)40/h1-17H,18H2,(H,36,39). The summed E-state index contributed by atoms with van der Waals surface area (Å²) in [5.74, 6) is -0.760. The summed E-state index contributed by atoms with van der Waals surface area (Å²) in [5, 5.41) is 7.02. The molecule has 7 nitrogen and oxygen atoms in total. The maximum atomic E-state index is 13.4. The average molecular weight is 561 g/mol. The normalized spacial score (nSPS) is 11.6. The van der Waals surface area contributed by atoms with Gasteiger partial charge < -0.3 is 10.1 Å². The molecule has 0 saturated heterocycles. The predicted molar refractivity (Wildman–Crippen MR) is 146 cm³/mol. The fraction of sp³-hybridized carbons (Fsp3) is 0.0667. The van der Waals surface area contributed by atoms with Crippen LogP contribution in [0.15, 0.2) is 107 Å². The fourth-order valence-corrected chi connectivity index (χ4v) is 3.97. The zero-order chi connectivity index (χ0) is 29.0. The van der Waals surface area contributed by atoms with Gasteiger partial charge in [0, 0.05) is 11.3 Å². The lowest BCUT2D eigenvalue weighted by Gasteiger charge is -2.12. The molecular weight excluding hydrogens is 540 g/mol. The molecule has 0 aliphatic carbocycles. The molecule has 0 spiro atoms. The molecule has 11 heteroatoms. The van der Waals surface area contributed by atoms with Crippen molar-refractivity contribution < 1.29 is 27.1 Å². The molecule has 0 unspecified atom stereocenters. The molecule has 0 atom stereocenters. The predicted octanol–water partition coefficient (Wildman–Crippen LogP) is 6.12. The third kappa shape index (κ3) is 6.47. The lowest BCUT2D eigenvalue weighted by Crippen LogP contribution is -2.20. The summed E-state index contributed by atoms with van der Waals surface area (Å²) in [5.41, 5.74) is -0.335. The molecule has 0 aliphatic rings. The number of para-hydroxylation sites is 1. The number of rotatable bonds is 7. The number of carbonyl (C=O) groups excluding carboxylic acids is 1. The minimum absolute atomic E-state index is 0.0567. The second kappa shape index (κ2) is 11.4. The van der Waals surface area contributed by atoms with E-state index in [1.54, 1.807) is 48.5 Å². The molecule has 4 aromatic carbocycles. The van der Waals surface area contributed by atoms with Gasteiger partial charge in [0.05, 0.1) is 22.7 Å². The van der Waals surface area contributed by atoms with Gasteiger partial charge in [-0.3, -0.25) is 9.59 Å². The van der Waals surface area contributed by atoms with E-state index in [1.165, 1.54) is 42.6 Å². The molecular formula is C30H20F4N4O3. The number of nitrogens with one attached hydrogen (secondary N) is 1. The highest BCUT2D eigenvalue weighted by Gasteiger charge is 2.31. The van der Waals surface area contributed by atoms with Gasteiger partial charge in [0.1, 0.15) is 11.6 Å². The molecule has 1 N–H and O–H groups in total. The van der Waals surface area contributed by atoms with E-state index in [1.807, 2.05) is 0 Å². The quantitative estimate of drug-likeness (QED) is 0.192. The first-order chi connectivity index (χ1) is 19.7. The monoisotopic (exact) mass is 560 g/mol. The number of hydrogen-bond acceptors (Lipinski definition) is 5. The number of aromatic nitrogens is 2. The van der Waals surface area contributed by atoms with Crippen LogP contribution in [0.1, 0.15) is 11.1 Å². The number of ether oxygens (including phenoxy) is 1. The number of alkyl halides is 3. The molecule has 5 rings (SSSR count). The van der Waals surface area contributed by atoms with Gasteiger partial charge in [0.15, 0.2) is 12.4 Å². The Labute approximate surface area is 230 Å². The van der Waals surface area contributed by atoms with Crippen molar-refractivity contribution in [3.8, 4) is 17.1 Å². The van der Waals surface area contributed by atoms with Gasteiger partial charge in [0.25, 0.3) is 11.5 Å². The number of hydrogen-bond donors (Lipinski definition) is 1. The Morgan fingerprint density at radius 3 is 2.54 bits per heavy atom. The van der Waals surface area contributed by atoms with Crippen molar-refractivity contribution in [2.24, 2.45) is 5.10 Å². The van der Waals surface area contributed by atoms with Crippen molar-refractivity contribution in [3.05, 3.63) is 124 Å². The lowest BCUT2D eigenvalue weighted by molar-refractivity contribution is -0.137. The van der Waals surface area contributed by atoms with Gasteiger partial charge in [-0.05, 0) is 60.2 Å². The number of amides is 1. The fourth-order valence-electron chi connectivity index (χ4n) is 3.97. The van der Waals surface area contributed by atoms with Crippen LogP contribution in [0, 0.1) is 5.82 Å². The molecule has 0 saturated carbocycles. The number of benzene rings is 4. The smallest absolute Gasteiger partial charge is 0.416 e. The molecule has 41 heavy (non-hydrogen) atoms. The van der Waals surface area contributed by atoms with Gasteiger partial charge in [-0.15, -0.1) is 0 Å². The number of anilines is 1. The maximum absolute atomic E-state index is 13.4. The summed E-state index contributed by atoms with van der Waals surface area (Å²) in [6.45, 7) is -0.356.